The Labute approximate surface area is 273 Å². The van der Waals surface area contributed by atoms with E-state index in [0.717, 1.165) is 17.2 Å². The van der Waals surface area contributed by atoms with Gasteiger partial charge in [-0.3, -0.25) is 4.90 Å². The second-order valence-corrected chi connectivity index (χ2v) is 11.9. The summed E-state index contributed by atoms with van der Waals surface area (Å²) in [6.45, 7) is 0. The molecule has 0 atom stereocenters. The van der Waals surface area contributed by atoms with Crippen LogP contribution in [0, 0.1) is 0 Å². The van der Waals surface area contributed by atoms with Gasteiger partial charge in [-0.25, -0.2) is 4.98 Å². The summed E-state index contributed by atoms with van der Waals surface area (Å²) >= 11 is 0. The first kappa shape index (κ1) is 27.1. The molecule has 0 aliphatic rings. The normalized spacial score (nSPS) is 11.4. The first-order valence-electron chi connectivity index (χ1n) is 16.1. The number of benzene rings is 8. The van der Waals surface area contributed by atoms with Gasteiger partial charge in [0.05, 0.1) is 5.69 Å². The van der Waals surface area contributed by atoms with Gasteiger partial charge in [0, 0.05) is 17.3 Å². The molecule has 0 aliphatic heterocycles. The average molecular weight is 599 g/mol. The molecule has 8 aromatic carbocycles. The summed E-state index contributed by atoms with van der Waals surface area (Å²) in [7, 11) is 0. The van der Waals surface area contributed by atoms with Crippen molar-refractivity contribution in [2.75, 3.05) is 4.90 Å². The zero-order chi connectivity index (χ0) is 31.2. The van der Waals surface area contributed by atoms with Crippen molar-refractivity contribution >= 4 is 60.3 Å². The van der Waals surface area contributed by atoms with Crippen molar-refractivity contribution in [1.29, 1.82) is 0 Å². The lowest BCUT2D eigenvalue weighted by Gasteiger charge is -2.26. The zero-order valence-corrected chi connectivity index (χ0v) is 25.7. The summed E-state index contributed by atoms with van der Waals surface area (Å²) in [5.74, 6) is 0.881. The Morgan fingerprint density at radius 2 is 0.872 bits per heavy atom. The Kier molecular flexibility index (Phi) is 6.50. The molecule has 0 bridgehead atoms. The van der Waals surface area contributed by atoms with Crippen molar-refractivity contribution < 1.29 is 0 Å². The minimum absolute atomic E-state index is 0.881. The van der Waals surface area contributed by atoms with Gasteiger partial charge in [0.1, 0.15) is 5.82 Å². The van der Waals surface area contributed by atoms with E-state index in [1.165, 1.54) is 65.3 Å². The van der Waals surface area contributed by atoms with Crippen LogP contribution in [0.5, 0.6) is 0 Å². The van der Waals surface area contributed by atoms with Gasteiger partial charge in [-0.15, -0.1) is 0 Å². The van der Waals surface area contributed by atoms with Crippen LogP contribution in [0.4, 0.5) is 17.2 Å². The fourth-order valence-electron chi connectivity index (χ4n) is 7.23. The van der Waals surface area contributed by atoms with E-state index in [2.05, 4.69) is 169 Å². The van der Waals surface area contributed by atoms with Crippen LogP contribution in [-0.2, 0) is 0 Å². The fourth-order valence-corrected chi connectivity index (χ4v) is 7.23. The molecule has 0 N–H and O–H groups in total. The van der Waals surface area contributed by atoms with Gasteiger partial charge < -0.3 is 0 Å². The lowest BCUT2D eigenvalue weighted by molar-refractivity contribution is 1.19. The van der Waals surface area contributed by atoms with Gasteiger partial charge in [-0.2, -0.15) is 0 Å². The average Bonchev–Trinajstić information content (AvgIpc) is 3.15. The summed E-state index contributed by atoms with van der Waals surface area (Å²) in [5, 5.41) is 9.92. The van der Waals surface area contributed by atoms with E-state index in [9.17, 15) is 0 Å². The third-order valence-corrected chi connectivity index (χ3v) is 9.29. The van der Waals surface area contributed by atoms with Crippen molar-refractivity contribution in [2.24, 2.45) is 0 Å². The summed E-state index contributed by atoms with van der Waals surface area (Å²) in [6, 6.07) is 63.2. The van der Waals surface area contributed by atoms with E-state index >= 15 is 0 Å². The molecule has 0 saturated heterocycles. The van der Waals surface area contributed by atoms with Crippen molar-refractivity contribution in [1.82, 2.24) is 4.98 Å². The molecule has 2 nitrogen and oxygen atoms in total. The van der Waals surface area contributed by atoms with E-state index in [1.54, 1.807) is 0 Å². The molecule has 9 rings (SSSR count). The second kappa shape index (κ2) is 11.3. The van der Waals surface area contributed by atoms with Gasteiger partial charge in [-0.05, 0) is 90.3 Å². The Bertz CT molecular complexity index is 2500. The number of rotatable bonds is 5. The lowest BCUT2D eigenvalue weighted by Crippen LogP contribution is -2.11. The number of hydrogen-bond donors (Lipinski definition) is 0. The number of anilines is 3. The SMILES string of the molecule is c1ccc(N(c2ccc(-c3c4ccccc4c(-c4cccc5ccccc45)c4ccccc34)cc2)c2cccc3ccccc23)nc1. The molecule has 9 aromatic rings. The first-order valence-corrected chi connectivity index (χ1v) is 16.1. The van der Waals surface area contributed by atoms with Crippen LogP contribution >= 0.6 is 0 Å². The predicted molar refractivity (Wildman–Crippen MR) is 200 cm³/mol. The molecular formula is C45H30N2. The molecule has 0 aliphatic carbocycles. The van der Waals surface area contributed by atoms with Gasteiger partial charge in [0.15, 0.2) is 0 Å². The zero-order valence-electron chi connectivity index (χ0n) is 25.7. The highest BCUT2D eigenvalue weighted by molar-refractivity contribution is 6.23. The van der Waals surface area contributed by atoms with Crippen molar-refractivity contribution in [3.8, 4) is 22.3 Å². The van der Waals surface area contributed by atoms with Crippen molar-refractivity contribution in [2.45, 2.75) is 0 Å². The highest BCUT2D eigenvalue weighted by atomic mass is 15.2. The maximum Gasteiger partial charge on any atom is 0.137 e. The maximum absolute atomic E-state index is 4.79. The van der Waals surface area contributed by atoms with E-state index in [-0.39, 0.29) is 0 Å². The fraction of sp³-hybridized carbons (Fsp3) is 0. The third-order valence-electron chi connectivity index (χ3n) is 9.29. The van der Waals surface area contributed by atoms with E-state index in [4.69, 9.17) is 4.98 Å². The van der Waals surface area contributed by atoms with Crippen LogP contribution in [0.25, 0.3) is 65.3 Å². The highest BCUT2D eigenvalue weighted by Crippen LogP contribution is 2.46. The Morgan fingerprint density at radius 1 is 0.362 bits per heavy atom. The smallest absolute Gasteiger partial charge is 0.137 e. The highest BCUT2D eigenvalue weighted by Gasteiger charge is 2.19. The topological polar surface area (TPSA) is 16.1 Å². The Morgan fingerprint density at radius 3 is 1.51 bits per heavy atom. The molecule has 0 spiro atoms. The Balaban J connectivity index is 1.26. The Hall–Kier alpha value is -6.25. The standard InChI is InChI=1S/C45H30N2/c1-3-17-35-31(13-1)15-11-23-37(35)45-40-21-7-5-19-38(40)44(39-20-6-8-22-41(39)45)33-26-28-34(29-27-33)47(43-25-9-10-30-46-43)42-24-12-16-32-14-2-4-18-36(32)42/h1-30H. The summed E-state index contributed by atoms with van der Waals surface area (Å²) in [5.41, 5.74) is 7.14. The number of fused-ring (bicyclic) bond motifs is 4. The maximum atomic E-state index is 4.79. The molecule has 0 unspecified atom stereocenters. The minimum Gasteiger partial charge on any atom is -0.294 e. The number of aromatic nitrogens is 1. The number of nitrogens with zero attached hydrogens (tertiary/aromatic N) is 2. The van der Waals surface area contributed by atoms with Gasteiger partial charge in [0.2, 0.25) is 0 Å². The van der Waals surface area contributed by atoms with Crippen molar-refractivity contribution in [3.05, 3.63) is 182 Å². The molecule has 0 fully saturated rings. The first-order chi connectivity index (χ1) is 23.3. The van der Waals surface area contributed by atoms with Crippen LogP contribution in [0.1, 0.15) is 0 Å². The molecule has 1 aromatic heterocycles. The molecule has 0 amide bonds. The number of pyridine rings is 1. The molecule has 0 radical (unpaired) electrons. The number of hydrogen-bond acceptors (Lipinski definition) is 2. The summed E-state index contributed by atoms with van der Waals surface area (Å²) < 4.78 is 0. The van der Waals surface area contributed by atoms with Gasteiger partial charge in [-0.1, -0.05) is 146 Å². The minimum atomic E-state index is 0.881. The molecule has 220 valence electrons. The summed E-state index contributed by atoms with van der Waals surface area (Å²) in [4.78, 5) is 7.04. The molecule has 0 saturated carbocycles. The van der Waals surface area contributed by atoms with Crippen molar-refractivity contribution in [3.63, 3.8) is 0 Å². The predicted octanol–water partition coefficient (Wildman–Crippen LogP) is 12.5. The molecule has 47 heavy (non-hydrogen) atoms. The molecular weight excluding hydrogens is 569 g/mol. The van der Waals surface area contributed by atoms with Crippen LogP contribution in [-0.4, -0.2) is 4.98 Å². The van der Waals surface area contributed by atoms with Gasteiger partial charge in [0.25, 0.3) is 0 Å². The van der Waals surface area contributed by atoms with E-state index in [1.807, 2.05) is 18.3 Å². The van der Waals surface area contributed by atoms with Crippen LogP contribution in [0.3, 0.4) is 0 Å². The molecule has 1 heterocycles. The van der Waals surface area contributed by atoms with Crippen LogP contribution < -0.4 is 4.90 Å². The second-order valence-electron chi connectivity index (χ2n) is 11.9. The quantitative estimate of drug-likeness (QED) is 0.183. The third kappa shape index (κ3) is 4.54. The van der Waals surface area contributed by atoms with Gasteiger partial charge >= 0.3 is 0 Å². The van der Waals surface area contributed by atoms with E-state index in [0.29, 0.717) is 0 Å². The largest absolute Gasteiger partial charge is 0.294 e. The molecule has 2 heteroatoms. The van der Waals surface area contributed by atoms with Crippen LogP contribution in [0.15, 0.2) is 182 Å². The van der Waals surface area contributed by atoms with E-state index < -0.39 is 0 Å². The lowest BCUT2D eigenvalue weighted by atomic mass is 9.85. The monoisotopic (exact) mass is 598 g/mol. The van der Waals surface area contributed by atoms with Crippen LogP contribution in [0.2, 0.25) is 0 Å². The summed E-state index contributed by atoms with van der Waals surface area (Å²) in [6.07, 6.45) is 1.86.